The molecule has 0 unspecified atom stereocenters. The van der Waals surface area contributed by atoms with Crippen LogP contribution in [0.25, 0.3) is 22.2 Å². The lowest BCUT2D eigenvalue weighted by molar-refractivity contribution is 0.390. The minimum atomic E-state index is 0.880. The molecular weight excluding hydrogens is 224 g/mol. The van der Waals surface area contributed by atoms with E-state index in [1.165, 1.54) is 5.39 Å². The van der Waals surface area contributed by atoms with Gasteiger partial charge in [0.05, 0.1) is 17.0 Å². The maximum absolute atomic E-state index is 5.33. The zero-order valence-corrected chi connectivity index (χ0v) is 10.7. The van der Waals surface area contributed by atoms with Gasteiger partial charge in [-0.2, -0.15) is 0 Å². The number of fused-ring (bicyclic) bond motifs is 1. The molecule has 0 bridgehead atoms. The van der Waals surface area contributed by atoms with Crippen LogP contribution in [-0.2, 0) is 6.42 Å². The van der Waals surface area contributed by atoms with Gasteiger partial charge in [0.2, 0.25) is 0 Å². The number of rotatable bonds is 3. The minimum absolute atomic E-state index is 0.880. The van der Waals surface area contributed by atoms with Gasteiger partial charge in [0.25, 0.3) is 0 Å². The average Bonchev–Trinajstić information content (AvgIpc) is 2.93. The maximum Gasteiger partial charge on any atom is 0.143 e. The van der Waals surface area contributed by atoms with E-state index >= 15 is 0 Å². The Morgan fingerprint density at radius 3 is 2.89 bits per heavy atom. The topological polar surface area (TPSA) is 41.8 Å². The summed E-state index contributed by atoms with van der Waals surface area (Å²) < 4.78 is 5.33. The predicted octanol–water partition coefficient (Wildman–Crippen LogP) is 4.08. The Morgan fingerprint density at radius 1 is 1.28 bits per heavy atom. The Balaban J connectivity index is 2.16. The summed E-state index contributed by atoms with van der Waals surface area (Å²) in [5.41, 5.74) is 4.41. The molecule has 0 amide bonds. The molecule has 0 saturated heterocycles. The molecule has 0 spiro atoms. The van der Waals surface area contributed by atoms with Crippen molar-refractivity contribution in [2.24, 2.45) is 0 Å². The number of aromatic nitrogens is 2. The number of nitrogens with one attached hydrogen (secondary N) is 1. The van der Waals surface area contributed by atoms with Gasteiger partial charge in [-0.1, -0.05) is 36.7 Å². The first kappa shape index (κ1) is 11.1. The van der Waals surface area contributed by atoms with Crippen molar-refractivity contribution in [3.05, 3.63) is 41.8 Å². The van der Waals surface area contributed by atoms with Crippen LogP contribution in [0, 0.1) is 6.92 Å². The zero-order valence-electron chi connectivity index (χ0n) is 10.7. The monoisotopic (exact) mass is 240 g/mol. The second-order valence-corrected chi connectivity index (χ2v) is 4.58. The number of H-pyrrole nitrogens is 1. The van der Waals surface area contributed by atoms with Crippen LogP contribution in [0.5, 0.6) is 0 Å². The van der Waals surface area contributed by atoms with Crippen molar-refractivity contribution in [1.82, 2.24) is 10.1 Å². The van der Waals surface area contributed by atoms with E-state index in [0.717, 1.165) is 41.1 Å². The summed E-state index contributed by atoms with van der Waals surface area (Å²) in [5.74, 6) is 0.880. The van der Waals surface area contributed by atoms with Crippen molar-refractivity contribution in [3.63, 3.8) is 0 Å². The smallest absolute Gasteiger partial charge is 0.143 e. The van der Waals surface area contributed by atoms with Crippen molar-refractivity contribution < 1.29 is 4.52 Å². The molecule has 1 aromatic carbocycles. The van der Waals surface area contributed by atoms with E-state index in [9.17, 15) is 0 Å². The van der Waals surface area contributed by atoms with Crippen molar-refractivity contribution in [3.8, 4) is 11.3 Å². The van der Waals surface area contributed by atoms with Gasteiger partial charge in [-0.05, 0) is 25.5 Å². The lowest BCUT2D eigenvalue weighted by atomic mass is 10.1. The fourth-order valence-electron chi connectivity index (χ4n) is 2.38. The van der Waals surface area contributed by atoms with E-state index in [-0.39, 0.29) is 0 Å². The number of aryl methyl sites for hydroxylation is 2. The van der Waals surface area contributed by atoms with Gasteiger partial charge in [-0.3, -0.25) is 0 Å². The average molecular weight is 240 g/mol. The molecule has 18 heavy (non-hydrogen) atoms. The number of hydrogen-bond acceptors (Lipinski definition) is 2. The molecule has 0 aliphatic carbocycles. The Kier molecular flexibility index (Phi) is 2.67. The van der Waals surface area contributed by atoms with Gasteiger partial charge < -0.3 is 9.51 Å². The van der Waals surface area contributed by atoms with Crippen molar-refractivity contribution in [2.75, 3.05) is 0 Å². The fourth-order valence-corrected chi connectivity index (χ4v) is 2.38. The Hall–Kier alpha value is -2.03. The van der Waals surface area contributed by atoms with Crippen LogP contribution >= 0.6 is 0 Å². The number of hydrogen-bond donors (Lipinski definition) is 1. The summed E-state index contributed by atoms with van der Waals surface area (Å²) in [4.78, 5) is 3.44. The summed E-state index contributed by atoms with van der Waals surface area (Å²) in [6, 6.07) is 10.4. The molecule has 3 nitrogen and oxygen atoms in total. The Morgan fingerprint density at radius 2 is 2.11 bits per heavy atom. The molecule has 0 aliphatic rings. The molecule has 0 aliphatic heterocycles. The molecule has 3 aromatic rings. The molecule has 2 heterocycles. The third kappa shape index (κ3) is 1.72. The van der Waals surface area contributed by atoms with Crippen LogP contribution in [0.4, 0.5) is 0 Å². The number of nitrogens with zero attached hydrogens (tertiary/aromatic N) is 1. The first-order valence-electron chi connectivity index (χ1n) is 6.33. The quantitative estimate of drug-likeness (QED) is 0.749. The second-order valence-electron chi connectivity index (χ2n) is 4.58. The maximum atomic E-state index is 5.33. The van der Waals surface area contributed by atoms with E-state index in [0.29, 0.717) is 0 Å². The van der Waals surface area contributed by atoms with E-state index < -0.39 is 0 Å². The summed E-state index contributed by atoms with van der Waals surface area (Å²) in [6.45, 7) is 4.12. The van der Waals surface area contributed by atoms with E-state index in [1.807, 2.05) is 19.1 Å². The highest BCUT2D eigenvalue weighted by Crippen LogP contribution is 2.30. The van der Waals surface area contributed by atoms with Crippen LogP contribution < -0.4 is 0 Å². The third-order valence-electron chi connectivity index (χ3n) is 3.22. The van der Waals surface area contributed by atoms with Gasteiger partial charge in [0.1, 0.15) is 5.76 Å². The molecule has 0 saturated carbocycles. The fraction of sp³-hybridized carbons (Fsp3) is 0.267. The highest BCUT2D eigenvalue weighted by Gasteiger charge is 2.15. The highest BCUT2D eigenvalue weighted by molar-refractivity contribution is 5.86. The van der Waals surface area contributed by atoms with Crippen LogP contribution in [0.3, 0.4) is 0 Å². The number of benzene rings is 1. The zero-order chi connectivity index (χ0) is 12.5. The predicted molar refractivity (Wildman–Crippen MR) is 72.5 cm³/mol. The van der Waals surface area contributed by atoms with Crippen LogP contribution in [0.2, 0.25) is 0 Å². The second kappa shape index (κ2) is 4.33. The molecule has 92 valence electrons. The van der Waals surface area contributed by atoms with Gasteiger partial charge in [0.15, 0.2) is 0 Å². The van der Waals surface area contributed by atoms with Crippen molar-refractivity contribution >= 4 is 10.9 Å². The minimum Gasteiger partial charge on any atom is -0.361 e. The first-order chi connectivity index (χ1) is 8.79. The summed E-state index contributed by atoms with van der Waals surface area (Å²) in [7, 11) is 0. The molecule has 0 atom stereocenters. The molecule has 3 rings (SSSR count). The van der Waals surface area contributed by atoms with Crippen LogP contribution in [-0.4, -0.2) is 10.1 Å². The Bertz CT molecular complexity index is 646. The first-order valence-corrected chi connectivity index (χ1v) is 6.33. The standard InChI is InChI=1S/C15H16N2O/c1-3-6-13-15(10(2)18-17-13)14-9-11-7-4-5-8-12(11)16-14/h4-5,7-9,16H,3,6H2,1-2H3. The highest BCUT2D eigenvalue weighted by atomic mass is 16.5. The van der Waals surface area contributed by atoms with Gasteiger partial charge in [-0.25, -0.2) is 0 Å². The summed E-state index contributed by atoms with van der Waals surface area (Å²) in [6.07, 6.45) is 2.02. The van der Waals surface area contributed by atoms with Crippen molar-refractivity contribution in [2.45, 2.75) is 26.7 Å². The number of aromatic amines is 1. The van der Waals surface area contributed by atoms with Gasteiger partial charge >= 0.3 is 0 Å². The molecule has 2 aromatic heterocycles. The number of para-hydroxylation sites is 1. The lowest BCUT2D eigenvalue weighted by Crippen LogP contribution is -1.88. The third-order valence-corrected chi connectivity index (χ3v) is 3.22. The summed E-state index contributed by atoms with van der Waals surface area (Å²) in [5, 5.41) is 5.38. The largest absolute Gasteiger partial charge is 0.361 e. The van der Waals surface area contributed by atoms with Crippen LogP contribution in [0.1, 0.15) is 24.8 Å². The molecular formula is C15H16N2O. The molecule has 3 heteroatoms. The molecule has 1 N–H and O–H groups in total. The SMILES string of the molecule is CCCc1noc(C)c1-c1cc2ccccc2[nH]1. The van der Waals surface area contributed by atoms with E-state index in [1.54, 1.807) is 0 Å². The normalized spacial score (nSPS) is 11.2. The Labute approximate surface area is 106 Å². The van der Waals surface area contributed by atoms with E-state index in [2.05, 4.69) is 35.3 Å². The molecule has 0 fully saturated rings. The van der Waals surface area contributed by atoms with Crippen molar-refractivity contribution in [1.29, 1.82) is 0 Å². The van der Waals surface area contributed by atoms with Gasteiger partial charge in [-0.15, -0.1) is 0 Å². The molecule has 0 radical (unpaired) electrons. The van der Waals surface area contributed by atoms with E-state index in [4.69, 9.17) is 4.52 Å². The van der Waals surface area contributed by atoms with Crippen LogP contribution in [0.15, 0.2) is 34.9 Å². The lowest BCUT2D eigenvalue weighted by Gasteiger charge is -1.97. The summed E-state index contributed by atoms with van der Waals surface area (Å²) >= 11 is 0. The van der Waals surface area contributed by atoms with Gasteiger partial charge in [0, 0.05) is 10.9 Å².